The first-order chi connectivity index (χ1) is 26.7. The lowest BCUT2D eigenvalue weighted by Crippen LogP contribution is -1.92. The Morgan fingerprint density at radius 2 is 0.593 bits per heavy atom. The molecule has 0 bridgehead atoms. The van der Waals surface area contributed by atoms with E-state index >= 15 is 0 Å². The van der Waals surface area contributed by atoms with Crippen LogP contribution in [0.2, 0.25) is 0 Å². The Morgan fingerprint density at radius 3 is 1.02 bits per heavy atom. The molecule has 0 aliphatic heterocycles. The Labute approximate surface area is 313 Å². The maximum atomic E-state index is 5.08. The molecule has 0 fully saturated rings. The summed E-state index contributed by atoms with van der Waals surface area (Å²) in [5, 5.41) is 0. The van der Waals surface area contributed by atoms with Crippen LogP contribution in [0.4, 0.5) is 0 Å². The van der Waals surface area contributed by atoms with Gasteiger partial charge in [0.05, 0.1) is 34.2 Å². The van der Waals surface area contributed by atoms with Crippen molar-refractivity contribution >= 4 is 0 Å². The zero-order chi connectivity index (χ0) is 36.1. The van der Waals surface area contributed by atoms with Crippen molar-refractivity contribution < 1.29 is 0 Å². The Morgan fingerprint density at radius 1 is 0.259 bits per heavy atom. The summed E-state index contributed by atoms with van der Waals surface area (Å²) in [6, 6.07) is 53.9. The van der Waals surface area contributed by atoms with E-state index in [1.54, 1.807) is 12.4 Å². The number of aromatic nitrogens is 6. The summed E-state index contributed by atoms with van der Waals surface area (Å²) in [6.07, 6.45) is 11.0. The third-order valence-corrected chi connectivity index (χ3v) is 9.35. The molecule has 6 nitrogen and oxygen atoms in total. The highest BCUT2D eigenvalue weighted by atomic mass is 14.7. The highest BCUT2D eigenvalue weighted by Crippen LogP contribution is 2.36. The van der Waals surface area contributed by atoms with Gasteiger partial charge in [-0.3, -0.25) is 19.9 Å². The maximum absolute atomic E-state index is 5.08. The van der Waals surface area contributed by atoms with Gasteiger partial charge in [0, 0.05) is 70.6 Å². The van der Waals surface area contributed by atoms with Crippen molar-refractivity contribution in [2.75, 3.05) is 0 Å². The molecule has 9 aromatic rings. The molecular formula is C48H32N6. The second kappa shape index (κ2) is 14.7. The molecule has 0 aliphatic rings. The molecule has 0 amide bonds. The molecule has 3 aromatic carbocycles. The van der Waals surface area contributed by atoms with Crippen molar-refractivity contribution in [3.05, 3.63) is 195 Å². The molecule has 6 aromatic heterocycles. The molecule has 6 heteroatoms. The van der Waals surface area contributed by atoms with Gasteiger partial charge in [-0.25, -0.2) is 9.97 Å². The van der Waals surface area contributed by atoms with Gasteiger partial charge in [-0.15, -0.1) is 0 Å². The topological polar surface area (TPSA) is 77.3 Å². The Hall–Kier alpha value is -7.44. The highest BCUT2D eigenvalue weighted by Gasteiger charge is 2.13. The number of hydrogen-bond acceptors (Lipinski definition) is 6. The lowest BCUT2D eigenvalue weighted by atomic mass is 9.92. The molecule has 0 spiro atoms. The van der Waals surface area contributed by atoms with Gasteiger partial charge in [0.15, 0.2) is 0 Å². The molecular weight excluding hydrogens is 661 g/mol. The standard InChI is InChI=1S/C48H32N6/c1-2-16-42(34-12-8-14-36(26-34)46-20-10-22-48(54-46)40-28-38(30-50-32-40)44-18-4-6-24-52-44)41(15-1)33-11-7-13-35(25-33)45-19-9-21-47(53-45)39-27-37(29-49-31-39)43-17-3-5-23-51-43/h1-32H. The van der Waals surface area contributed by atoms with E-state index in [1.807, 2.05) is 85.5 Å². The summed E-state index contributed by atoms with van der Waals surface area (Å²) in [7, 11) is 0. The number of hydrogen-bond donors (Lipinski definition) is 0. The van der Waals surface area contributed by atoms with Gasteiger partial charge in [-0.1, -0.05) is 84.9 Å². The van der Waals surface area contributed by atoms with Gasteiger partial charge in [0.1, 0.15) is 0 Å². The Kier molecular flexibility index (Phi) is 8.81. The van der Waals surface area contributed by atoms with Gasteiger partial charge >= 0.3 is 0 Å². The molecule has 54 heavy (non-hydrogen) atoms. The summed E-state index contributed by atoms with van der Waals surface area (Å²) in [5.41, 5.74) is 15.6. The van der Waals surface area contributed by atoms with Crippen molar-refractivity contribution in [3.8, 4) is 89.8 Å². The van der Waals surface area contributed by atoms with Gasteiger partial charge in [-0.2, -0.15) is 0 Å². The van der Waals surface area contributed by atoms with Crippen molar-refractivity contribution in [3.63, 3.8) is 0 Å². The van der Waals surface area contributed by atoms with E-state index in [-0.39, 0.29) is 0 Å². The fraction of sp³-hybridized carbons (Fsp3) is 0. The summed E-state index contributed by atoms with van der Waals surface area (Å²) >= 11 is 0. The normalized spacial score (nSPS) is 11.0. The minimum atomic E-state index is 0.857. The lowest BCUT2D eigenvalue weighted by Gasteiger charge is -2.13. The van der Waals surface area contributed by atoms with E-state index in [2.05, 4.69) is 117 Å². The smallest absolute Gasteiger partial charge is 0.0725 e. The monoisotopic (exact) mass is 692 g/mol. The average molecular weight is 693 g/mol. The van der Waals surface area contributed by atoms with Crippen molar-refractivity contribution in [2.24, 2.45) is 0 Å². The number of pyridine rings is 6. The van der Waals surface area contributed by atoms with Crippen LogP contribution >= 0.6 is 0 Å². The van der Waals surface area contributed by atoms with Crippen LogP contribution in [0, 0.1) is 0 Å². The first kappa shape index (κ1) is 32.5. The lowest BCUT2D eigenvalue weighted by molar-refractivity contribution is 1.26. The molecule has 0 aliphatic carbocycles. The fourth-order valence-electron chi connectivity index (χ4n) is 6.70. The van der Waals surface area contributed by atoms with Crippen LogP contribution in [0.3, 0.4) is 0 Å². The zero-order valence-electron chi connectivity index (χ0n) is 29.2. The molecule has 0 radical (unpaired) electrons. The summed E-state index contributed by atoms with van der Waals surface area (Å²) in [6.45, 7) is 0. The second-order valence-electron chi connectivity index (χ2n) is 12.9. The van der Waals surface area contributed by atoms with Crippen LogP contribution in [0.15, 0.2) is 195 Å². The Balaban J connectivity index is 1.02. The molecule has 0 N–H and O–H groups in total. The van der Waals surface area contributed by atoms with E-state index in [0.717, 1.165) is 89.8 Å². The average Bonchev–Trinajstić information content (AvgIpc) is 3.27. The van der Waals surface area contributed by atoms with Crippen molar-refractivity contribution in [2.45, 2.75) is 0 Å². The molecule has 0 saturated carbocycles. The summed E-state index contributed by atoms with van der Waals surface area (Å²) in [5.74, 6) is 0. The number of rotatable bonds is 8. The van der Waals surface area contributed by atoms with E-state index in [4.69, 9.17) is 9.97 Å². The zero-order valence-corrected chi connectivity index (χ0v) is 29.2. The van der Waals surface area contributed by atoms with Crippen molar-refractivity contribution in [1.82, 2.24) is 29.9 Å². The van der Waals surface area contributed by atoms with E-state index < -0.39 is 0 Å². The minimum absolute atomic E-state index is 0.857. The maximum Gasteiger partial charge on any atom is 0.0725 e. The van der Waals surface area contributed by atoms with Crippen LogP contribution in [0.25, 0.3) is 89.8 Å². The predicted molar refractivity (Wildman–Crippen MR) is 217 cm³/mol. The van der Waals surface area contributed by atoms with Gasteiger partial charge in [0.25, 0.3) is 0 Å². The van der Waals surface area contributed by atoms with Crippen molar-refractivity contribution in [1.29, 1.82) is 0 Å². The minimum Gasteiger partial charge on any atom is -0.263 e. The van der Waals surface area contributed by atoms with E-state index in [1.165, 1.54) is 0 Å². The van der Waals surface area contributed by atoms with Gasteiger partial charge in [0.2, 0.25) is 0 Å². The first-order valence-corrected chi connectivity index (χ1v) is 17.7. The first-order valence-electron chi connectivity index (χ1n) is 17.7. The quantitative estimate of drug-likeness (QED) is 0.158. The SMILES string of the molecule is c1ccc(-c2cncc(-c3cccc(-c4cccc(-c5ccccc5-c5cccc(-c6cccc(-c7cncc(-c8ccccn8)c7)n6)c5)c4)n3)c2)nc1. The summed E-state index contributed by atoms with van der Waals surface area (Å²) < 4.78 is 0. The van der Waals surface area contributed by atoms with Gasteiger partial charge in [-0.05, 0) is 95.1 Å². The molecule has 6 heterocycles. The number of nitrogens with zero attached hydrogens (tertiary/aromatic N) is 6. The molecule has 0 saturated heterocycles. The summed E-state index contributed by atoms with van der Waals surface area (Å²) in [4.78, 5) is 28.2. The highest BCUT2D eigenvalue weighted by molar-refractivity contribution is 5.87. The fourth-order valence-corrected chi connectivity index (χ4v) is 6.70. The molecule has 9 rings (SSSR count). The third-order valence-electron chi connectivity index (χ3n) is 9.35. The van der Waals surface area contributed by atoms with Crippen LogP contribution in [0.1, 0.15) is 0 Å². The second-order valence-corrected chi connectivity index (χ2v) is 12.9. The van der Waals surface area contributed by atoms with Crippen LogP contribution in [-0.4, -0.2) is 29.9 Å². The predicted octanol–water partition coefficient (Wildman–Crippen LogP) is 11.4. The molecule has 0 unspecified atom stereocenters. The number of benzene rings is 3. The Bertz CT molecular complexity index is 2540. The van der Waals surface area contributed by atoms with Gasteiger partial charge < -0.3 is 0 Å². The van der Waals surface area contributed by atoms with Crippen LogP contribution in [0.5, 0.6) is 0 Å². The molecule has 0 atom stereocenters. The largest absolute Gasteiger partial charge is 0.263 e. The molecule has 254 valence electrons. The van der Waals surface area contributed by atoms with Crippen LogP contribution < -0.4 is 0 Å². The van der Waals surface area contributed by atoms with E-state index in [0.29, 0.717) is 0 Å². The third kappa shape index (κ3) is 6.79. The van der Waals surface area contributed by atoms with Crippen LogP contribution in [-0.2, 0) is 0 Å². The van der Waals surface area contributed by atoms with E-state index in [9.17, 15) is 0 Å².